The van der Waals surface area contributed by atoms with Gasteiger partial charge in [0.15, 0.2) is 0 Å². The Bertz CT molecular complexity index is 474. The van der Waals surface area contributed by atoms with Crippen molar-refractivity contribution in [2.24, 2.45) is 11.8 Å². The average molecular weight is 212 g/mol. The van der Waals surface area contributed by atoms with Crippen LogP contribution in [0.1, 0.15) is 29.3 Å². The molecule has 80 valence electrons. The van der Waals surface area contributed by atoms with Gasteiger partial charge in [0.05, 0.1) is 0 Å². The molecular weight excluding hydrogens is 200 g/mol. The summed E-state index contributed by atoms with van der Waals surface area (Å²) in [5.41, 5.74) is 1.54. The van der Waals surface area contributed by atoms with Gasteiger partial charge in [0.1, 0.15) is 12.1 Å². The molecule has 0 heterocycles. The van der Waals surface area contributed by atoms with E-state index in [9.17, 15) is 9.59 Å². The number of aldehydes is 1. The van der Waals surface area contributed by atoms with Gasteiger partial charge in [-0.15, -0.1) is 0 Å². The highest BCUT2D eigenvalue weighted by Crippen LogP contribution is 2.38. The Morgan fingerprint density at radius 3 is 2.56 bits per heavy atom. The van der Waals surface area contributed by atoms with Crippen LogP contribution in [0, 0.1) is 23.7 Å². The Morgan fingerprint density at radius 2 is 2.06 bits per heavy atom. The number of carbonyl (C=O) groups excluding carboxylic acids is 2. The summed E-state index contributed by atoms with van der Waals surface area (Å²) >= 11 is 0. The van der Waals surface area contributed by atoms with Gasteiger partial charge in [0.2, 0.25) is 0 Å². The van der Waals surface area contributed by atoms with Crippen molar-refractivity contribution < 1.29 is 9.59 Å². The van der Waals surface area contributed by atoms with Crippen LogP contribution < -0.4 is 0 Å². The SMILES string of the molecule is CC(=O)C1CC1C#Cc1ccc(C=O)cc1. The summed E-state index contributed by atoms with van der Waals surface area (Å²) in [5, 5.41) is 0. The highest BCUT2D eigenvalue weighted by atomic mass is 16.1. The number of rotatable bonds is 2. The molecular formula is C14H12O2. The van der Waals surface area contributed by atoms with Crippen LogP contribution >= 0.6 is 0 Å². The maximum absolute atomic E-state index is 11.0. The fourth-order valence-electron chi connectivity index (χ4n) is 1.62. The summed E-state index contributed by atoms with van der Waals surface area (Å²) in [5.74, 6) is 6.73. The van der Waals surface area contributed by atoms with E-state index < -0.39 is 0 Å². The Morgan fingerprint density at radius 1 is 1.38 bits per heavy atom. The standard InChI is InChI=1S/C14H12O2/c1-10(16)14-8-13(14)7-6-11-2-4-12(9-15)5-3-11/h2-5,9,13-14H,8H2,1H3. The molecule has 1 saturated carbocycles. The van der Waals surface area contributed by atoms with Crippen molar-refractivity contribution in [3.05, 3.63) is 35.4 Å². The molecule has 2 nitrogen and oxygen atoms in total. The van der Waals surface area contributed by atoms with Gasteiger partial charge in [-0.2, -0.15) is 0 Å². The van der Waals surface area contributed by atoms with Crippen molar-refractivity contribution in [2.45, 2.75) is 13.3 Å². The van der Waals surface area contributed by atoms with E-state index >= 15 is 0 Å². The third-order valence-electron chi connectivity index (χ3n) is 2.76. The van der Waals surface area contributed by atoms with Crippen molar-refractivity contribution in [1.29, 1.82) is 0 Å². The van der Waals surface area contributed by atoms with Gasteiger partial charge in [0, 0.05) is 23.0 Å². The molecule has 0 N–H and O–H groups in total. The van der Waals surface area contributed by atoms with E-state index in [1.807, 2.05) is 12.1 Å². The minimum atomic E-state index is 0.154. The number of hydrogen-bond acceptors (Lipinski definition) is 2. The number of hydrogen-bond donors (Lipinski definition) is 0. The number of benzene rings is 1. The number of carbonyl (C=O) groups is 2. The van der Waals surface area contributed by atoms with Crippen LogP contribution in [0.5, 0.6) is 0 Å². The monoisotopic (exact) mass is 212 g/mol. The van der Waals surface area contributed by atoms with Crippen LogP contribution in [0.4, 0.5) is 0 Å². The van der Waals surface area contributed by atoms with Crippen LogP contribution in [0.2, 0.25) is 0 Å². The van der Waals surface area contributed by atoms with E-state index in [0.29, 0.717) is 5.56 Å². The first-order chi connectivity index (χ1) is 7.70. The molecule has 0 spiro atoms. The zero-order valence-electron chi connectivity index (χ0n) is 9.07. The molecule has 1 aromatic rings. The summed E-state index contributed by atoms with van der Waals surface area (Å²) in [4.78, 5) is 21.4. The second kappa shape index (κ2) is 4.32. The summed E-state index contributed by atoms with van der Waals surface area (Å²) in [7, 11) is 0. The highest BCUT2D eigenvalue weighted by Gasteiger charge is 2.39. The van der Waals surface area contributed by atoms with E-state index in [4.69, 9.17) is 0 Å². The second-order valence-electron chi connectivity index (χ2n) is 4.07. The maximum atomic E-state index is 11.0. The van der Waals surface area contributed by atoms with Gasteiger partial charge in [0.25, 0.3) is 0 Å². The van der Waals surface area contributed by atoms with Crippen LogP contribution in [-0.4, -0.2) is 12.1 Å². The first-order valence-electron chi connectivity index (χ1n) is 5.28. The number of Topliss-reactive ketones (excluding diaryl/α,β-unsaturated/α-hetero) is 1. The van der Waals surface area contributed by atoms with E-state index in [1.165, 1.54) is 0 Å². The first kappa shape index (κ1) is 10.6. The fourth-order valence-corrected chi connectivity index (χ4v) is 1.62. The van der Waals surface area contributed by atoms with E-state index in [1.54, 1.807) is 19.1 Å². The van der Waals surface area contributed by atoms with Crippen molar-refractivity contribution in [2.75, 3.05) is 0 Å². The predicted molar refractivity (Wildman–Crippen MR) is 61.0 cm³/mol. The van der Waals surface area contributed by atoms with Crippen LogP contribution in [-0.2, 0) is 4.79 Å². The summed E-state index contributed by atoms with van der Waals surface area (Å²) in [6, 6.07) is 7.13. The fraction of sp³-hybridized carbons (Fsp3) is 0.286. The molecule has 2 unspecified atom stereocenters. The van der Waals surface area contributed by atoms with Gasteiger partial charge in [-0.3, -0.25) is 9.59 Å². The summed E-state index contributed by atoms with van der Waals surface area (Å²) < 4.78 is 0. The molecule has 1 aliphatic rings. The molecule has 1 aliphatic carbocycles. The molecule has 0 bridgehead atoms. The first-order valence-corrected chi connectivity index (χ1v) is 5.28. The molecule has 0 aliphatic heterocycles. The van der Waals surface area contributed by atoms with Gasteiger partial charge in [-0.1, -0.05) is 24.0 Å². The third kappa shape index (κ3) is 2.38. The zero-order chi connectivity index (χ0) is 11.5. The van der Waals surface area contributed by atoms with E-state index in [2.05, 4.69) is 11.8 Å². The zero-order valence-corrected chi connectivity index (χ0v) is 9.07. The molecule has 2 atom stereocenters. The smallest absolute Gasteiger partial charge is 0.150 e. The lowest BCUT2D eigenvalue weighted by molar-refractivity contribution is -0.118. The summed E-state index contributed by atoms with van der Waals surface area (Å²) in [6.07, 6.45) is 1.71. The Kier molecular flexibility index (Phi) is 2.87. The molecule has 1 fully saturated rings. The van der Waals surface area contributed by atoms with Crippen LogP contribution in [0.25, 0.3) is 0 Å². The van der Waals surface area contributed by atoms with Crippen molar-refractivity contribution in [1.82, 2.24) is 0 Å². The highest BCUT2D eigenvalue weighted by molar-refractivity contribution is 5.82. The maximum Gasteiger partial charge on any atom is 0.150 e. The minimum absolute atomic E-state index is 0.154. The molecule has 2 rings (SSSR count). The van der Waals surface area contributed by atoms with Crippen molar-refractivity contribution in [3.8, 4) is 11.8 Å². The van der Waals surface area contributed by atoms with Gasteiger partial charge in [-0.25, -0.2) is 0 Å². The average Bonchev–Trinajstić information content (AvgIpc) is 3.06. The largest absolute Gasteiger partial charge is 0.300 e. The van der Waals surface area contributed by atoms with Gasteiger partial charge < -0.3 is 0 Å². The second-order valence-corrected chi connectivity index (χ2v) is 4.07. The molecule has 0 saturated heterocycles. The predicted octanol–water partition coefficient (Wildman–Crippen LogP) is 2.08. The minimum Gasteiger partial charge on any atom is -0.300 e. The molecule has 0 amide bonds. The lowest BCUT2D eigenvalue weighted by Crippen LogP contribution is -1.93. The Labute approximate surface area is 94.7 Å². The van der Waals surface area contributed by atoms with E-state index in [-0.39, 0.29) is 17.6 Å². The lowest BCUT2D eigenvalue weighted by atomic mass is 10.1. The molecule has 0 aromatic heterocycles. The normalized spacial score (nSPS) is 21.8. The molecule has 2 heteroatoms. The third-order valence-corrected chi connectivity index (χ3v) is 2.76. The Balaban J connectivity index is 2.02. The number of ketones is 1. The van der Waals surface area contributed by atoms with Gasteiger partial charge in [-0.05, 0) is 25.5 Å². The molecule has 1 aromatic carbocycles. The van der Waals surface area contributed by atoms with E-state index in [0.717, 1.165) is 18.3 Å². The summed E-state index contributed by atoms with van der Waals surface area (Å²) in [6.45, 7) is 1.62. The molecule has 0 radical (unpaired) electrons. The van der Waals surface area contributed by atoms with Crippen LogP contribution in [0.3, 0.4) is 0 Å². The lowest BCUT2D eigenvalue weighted by Gasteiger charge is -1.90. The van der Waals surface area contributed by atoms with Crippen molar-refractivity contribution >= 4 is 12.1 Å². The van der Waals surface area contributed by atoms with Gasteiger partial charge >= 0.3 is 0 Å². The Hall–Kier alpha value is -1.88. The molecule has 16 heavy (non-hydrogen) atoms. The van der Waals surface area contributed by atoms with Crippen molar-refractivity contribution in [3.63, 3.8) is 0 Å². The quantitative estimate of drug-likeness (QED) is 0.555. The topological polar surface area (TPSA) is 34.1 Å². The van der Waals surface area contributed by atoms with Crippen LogP contribution in [0.15, 0.2) is 24.3 Å².